The average Bonchev–Trinajstić information content (AvgIpc) is 2.92. The van der Waals surface area contributed by atoms with Gasteiger partial charge in [-0.3, -0.25) is 20.3 Å². The number of nitro benzene ring substituents is 1. The van der Waals surface area contributed by atoms with Gasteiger partial charge >= 0.3 is 5.69 Å². The number of nitrogens with two attached hydrogens (primary N) is 1. The fraction of sp³-hybridized carbons (Fsp3) is 0.0833. The highest BCUT2D eigenvalue weighted by molar-refractivity contribution is 7.12. The van der Waals surface area contributed by atoms with E-state index in [9.17, 15) is 19.3 Å². The number of carbonyl (C=O) groups excluding carboxylic acids is 1. The monoisotopic (exact) mass is 311 g/mol. The van der Waals surface area contributed by atoms with Crippen LogP contribution in [0.5, 0.6) is 5.75 Å². The molecule has 0 fully saturated rings. The van der Waals surface area contributed by atoms with Gasteiger partial charge in [0, 0.05) is 17.7 Å². The molecule has 2 aromatic rings. The van der Waals surface area contributed by atoms with E-state index < -0.39 is 16.6 Å². The van der Waals surface area contributed by atoms with E-state index in [0.717, 1.165) is 29.5 Å². The minimum absolute atomic E-state index is 0.115. The third-order valence-corrected chi connectivity index (χ3v) is 3.54. The summed E-state index contributed by atoms with van der Waals surface area (Å²) in [6.07, 6.45) is 0. The van der Waals surface area contributed by atoms with Gasteiger partial charge in [-0.05, 0) is 17.5 Å². The highest BCUT2D eigenvalue weighted by Crippen LogP contribution is 2.29. The summed E-state index contributed by atoms with van der Waals surface area (Å²) >= 11 is 1.15. The second-order valence-corrected chi connectivity index (χ2v) is 4.82. The zero-order chi connectivity index (χ0) is 15.4. The van der Waals surface area contributed by atoms with Gasteiger partial charge in [0.25, 0.3) is 5.91 Å². The zero-order valence-electron chi connectivity index (χ0n) is 10.5. The summed E-state index contributed by atoms with van der Waals surface area (Å²) in [6, 6.07) is 4.54. The van der Waals surface area contributed by atoms with Gasteiger partial charge in [0.05, 0.1) is 9.80 Å². The maximum absolute atomic E-state index is 13.2. The summed E-state index contributed by atoms with van der Waals surface area (Å²) in [6.45, 7) is -0.115. The normalized spacial score (nSPS) is 10.2. The number of nitrogen functional groups attached to an aromatic ring is 1. The van der Waals surface area contributed by atoms with Crippen molar-refractivity contribution in [1.29, 1.82) is 0 Å². The molecule has 3 N–H and O–H groups in total. The molecular weight excluding hydrogens is 301 g/mol. The van der Waals surface area contributed by atoms with Gasteiger partial charge in [0.2, 0.25) is 0 Å². The minimum atomic E-state index is -0.671. The van der Waals surface area contributed by atoms with Crippen LogP contribution in [0.25, 0.3) is 0 Å². The number of benzene rings is 1. The maximum atomic E-state index is 13.2. The first kappa shape index (κ1) is 14.9. The molecule has 0 saturated heterocycles. The summed E-state index contributed by atoms with van der Waals surface area (Å²) in [5.74, 6) is 3.71. The Labute approximate surface area is 122 Å². The summed E-state index contributed by atoms with van der Waals surface area (Å²) in [5, 5.41) is 12.5. The Bertz CT molecular complexity index is 689. The quantitative estimate of drug-likeness (QED) is 0.380. The molecule has 0 radical (unpaired) electrons. The molecule has 0 unspecified atom stereocenters. The first-order chi connectivity index (χ1) is 10.0. The number of nitro groups is 1. The van der Waals surface area contributed by atoms with Gasteiger partial charge in [-0.2, -0.15) is 0 Å². The number of carbonyl (C=O) groups is 1. The molecule has 0 aliphatic rings. The van der Waals surface area contributed by atoms with Gasteiger partial charge < -0.3 is 4.74 Å². The number of hydrazine groups is 1. The van der Waals surface area contributed by atoms with E-state index in [-0.39, 0.29) is 18.0 Å². The number of hydrogen-bond acceptors (Lipinski definition) is 6. The first-order valence-electron chi connectivity index (χ1n) is 5.67. The molecule has 9 heteroatoms. The molecule has 1 aromatic carbocycles. The number of nitrogens with one attached hydrogen (secondary N) is 1. The molecule has 1 amide bonds. The molecular formula is C12H10FN3O4S. The molecule has 0 aliphatic heterocycles. The lowest BCUT2D eigenvalue weighted by molar-refractivity contribution is -0.386. The molecule has 0 atom stereocenters. The molecule has 0 saturated carbocycles. The lowest BCUT2D eigenvalue weighted by Crippen LogP contribution is -2.30. The molecule has 1 heterocycles. The van der Waals surface area contributed by atoms with Crippen LogP contribution >= 0.6 is 11.3 Å². The number of ether oxygens (including phenoxy) is 1. The van der Waals surface area contributed by atoms with Crippen LogP contribution in [0.2, 0.25) is 0 Å². The molecule has 2 rings (SSSR count). The van der Waals surface area contributed by atoms with E-state index in [1.54, 1.807) is 11.4 Å². The van der Waals surface area contributed by atoms with Crippen molar-refractivity contribution in [3.05, 3.63) is 56.0 Å². The van der Waals surface area contributed by atoms with Crippen LogP contribution in [0, 0.1) is 15.9 Å². The third kappa shape index (κ3) is 3.33. The first-order valence-corrected chi connectivity index (χ1v) is 6.55. The van der Waals surface area contributed by atoms with Crippen molar-refractivity contribution in [2.75, 3.05) is 0 Å². The highest BCUT2D eigenvalue weighted by Gasteiger charge is 2.18. The number of thiophene rings is 1. The fourth-order valence-electron chi connectivity index (χ4n) is 1.62. The largest absolute Gasteiger partial charge is 0.482 e. The Balaban J connectivity index is 2.21. The third-order valence-electron chi connectivity index (χ3n) is 2.59. The van der Waals surface area contributed by atoms with Crippen LogP contribution in [0.1, 0.15) is 15.2 Å². The van der Waals surface area contributed by atoms with Gasteiger partial charge in [-0.1, -0.05) is 0 Å². The molecule has 110 valence electrons. The van der Waals surface area contributed by atoms with Crippen molar-refractivity contribution in [3.8, 4) is 5.75 Å². The van der Waals surface area contributed by atoms with Gasteiger partial charge in [0.15, 0.2) is 5.75 Å². The Morgan fingerprint density at radius 1 is 1.48 bits per heavy atom. The topological polar surface area (TPSA) is 107 Å². The van der Waals surface area contributed by atoms with Crippen LogP contribution in [-0.4, -0.2) is 10.8 Å². The zero-order valence-corrected chi connectivity index (χ0v) is 11.4. The fourth-order valence-corrected chi connectivity index (χ4v) is 2.44. The van der Waals surface area contributed by atoms with Gasteiger partial charge in [0.1, 0.15) is 12.4 Å². The molecule has 1 aromatic heterocycles. The van der Waals surface area contributed by atoms with Crippen LogP contribution in [0.3, 0.4) is 0 Å². The smallest absolute Gasteiger partial charge is 0.311 e. The Morgan fingerprint density at radius 3 is 2.90 bits per heavy atom. The number of hydrogen-bond donors (Lipinski definition) is 2. The van der Waals surface area contributed by atoms with Gasteiger partial charge in [-0.15, -0.1) is 11.3 Å². The second-order valence-electron chi connectivity index (χ2n) is 3.91. The number of amides is 1. The van der Waals surface area contributed by atoms with E-state index in [1.165, 1.54) is 0 Å². The maximum Gasteiger partial charge on any atom is 0.311 e. The van der Waals surface area contributed by atoms with Crippen molar-refractivity contribution in [2.24, 2.45) is 5.84 Å². The van der Waals surface area contributed by atoms with Crippen LogP contribution in [-0.2, 0) is 6.61 Å². The SMILES string of the molecule is NNC(=O)c1sccc1COc1cc(F)ccc1[N+](=O)[O-]. The minimum Gasteiger partial charge on any atom is -0.482 e. The Morgan fingerprint density at radius 2 is 2.24 bits per heavy atom. The predicted octanol–water partition coefficient (Wildman–Crippen LogP) is 1.98. The van der Waals surface area contributed by atoms with Crippen LogP contribution in [0.4, 0.5) is 10.1 Å². The van der Waals surface area contributed by atoms with E-state index in [0.29, 0.717) is 10.4 Å². The molecule has 0 bridgehead atoms. The summed E-state index contributed by atoms with van der Waals surface area (Å²) in [4.78, 5) is 22.0. The number of halogens is 1. The van der Waals surface area contributed by atoms with Crippen molar-refractivity contribution < 1.29 is 18.8 Å². The summed E-state index contributed by atoms with van der Waals surface area (Å²) < 4.78 is 18.4. The van der Waals surface area contributed by atoms with E-state index >= 15 is 0 Å². The average molecular weight is 311 g/mol. The van der Waals surface area contributed by atoms with E-state index in [1.807, 2.05) is 5.43 Å². The van der Waals surface area contributed by atoms with E-state index in [4.69, 9.17) is 10.6 Å². The number of rotatable bonds is 5. The molecule has 0 aliphatic carbocycles. The molecule has 0 spiro atoms. The van der Waals surface area contributed by atoms with Crippen molar-refractivity contribution in [3.63, 3.8) is 0 Å². The summed E-state index contributed by atoms with van der Waals surface area (Å²) in [5.41, 5.74) is 2.14. The second kappa shape index (κ2) is 6.29. The Hall–Kier alpha value is -2.52. The summed E-state index contributed by atoms with van der Waals surface area (Å²) in [7, 11) is 0. The molecule has 21 heavy (non-hydrogen) atoms. The lowest BCUT2D eigenvalue weighted by atomic mass is 10.2. The van der Waals surface area contributed by atoms with Crippen molar-refractivity contribution in [1.82, 2.24) is 5.43 Å². The van der Waals surface area contributed by atoms with Gasteiger partial charge in [-0.25, -0.2) is 10.2 Å². The highest BCUT2D eigenvalue weighted by atomic mass is 32.1. The number of nitrogens with zero attached hydrogens (tertiary/aromatic N) is 1. The Kier molecular flexibility index (Phi) is 4.45. The molecule has 7 nitrogen and oxygen atoms in total. The van der Waals surface area contributed by atoms with Crippen LogP contribution < -0.4 is 16.0 Å². The predicted molar refractivity (Wildman–Crippen MR) is 73.4 cm³/mol. The lowest BCUT2D eigenvalue weighted by Gasteiger charge is -2.07. The van der Waals surface area contributed by atoms with Crippen molar-refractivity contribution >= 4 is 22.9 Å². The standard InChI is InChI=1S/C12H10FN3O4S/c13-8-1-2-9(16(18)19)10(5-8)20-6-7-3-4-21-11(7)12(17)15-14/h1-5H,6,14H2,(H,15,17). The van der Waals surface area contributed by atoms with Crippen molar-refractivity contribution in [2.45, 2.75) is 6.61 Å². The van der Waals surface area contributed by atoms with Crippen LogP contribution in [0.15, 0.2) is 29.6 Å². The van der Waals surface area contributed by atoms with E-state index in [2.05, 4.69) is 0 Å².